The molecule has 8 nitrogen and oxygen atoms in total. The van der Waals surface area contributed by atoms with Crippen LogP contribution in [0.25, 0.3) is 11.4 Å². The van der Waals surface area contributed by atoms with Crippen molar-refractivity contribution in [2.24, 2.45) is 0 Å². The topological polar surface area (TPSA) is 76.4 Å². The van der Waals surface area contributed by atoms with Crippen LogP contribution in [0.5, 0.6) is 0 Å². The summed E-state index contributed by atoms with van der Waals surface area (Å²) >= 11 is 0. The summed E-state index contributed by atoms with van der Waals surface area (Å²) in [5.41, 5.74) is 3.26. The normalized spacial score (nSPS) is 13.9. The molecule has 0 spiro atoms. The van der Waals surface area contributed by atoms with Crippen LogP contribution in [0.15, 0.2) is 54.6 Å². The summed E-state index contributed by atoms with van der Waals surface area (Å²) in [6.45, 7) is 4.55. The maximum Gasteiger partial charge on any atom is 0.222 e. The molecule has 4 rings (SSSR count). The second kappa shape index (κ2) is 10.2. The van der Waals surface area contributed by atoms with Crippen LogP contribution >= 0.6 is 0 Å². The van der Waals surface area contributed by atoms with Crippen molar-refractivity contribution in [2.75, 3.05) is 38.3 Å². The fraction of sp³-hybridized carbons (Fsp3) is 0.391. The summed E-state index contributed by atoms with van der Waals surface area (Å²) < 4.78 is 5.41. The van der Waals surface area contributed by atoms with Crippen molar-refractivity contribution in [1.82, 2.24) is 25.1 Å². The van der Waals surface area contributed by atoms with Gasteiger partial charge in [-0.05, 0) is 29.3 Å². The number of carbonyl (C=O) groups excluding carboxylic acids is 1. The first kappa shape index (κ1) is 21.0. The zero-order valence-corrected chi connectivity index (χ0v) is 17.9. The average Bonchev–Trinajstić information content (AvgIpc) is 3.29. The molecule has 1 saturated heterocycles. The van der Waals surface area contributed by atoms with E-state index in [1.54, 1.807) is 9.70 Å². The number of nitrogens with zero attached hydrogens (tertiary/aromatic N) is 6. The van der Waals surface area contributed by atoms with Crippen molar-refractivity contribution in [2.45, 2.75) is 25.9 Å². The maximum absolute atomic E-state index is 12.5. The van der Waals surface area contributed by atoms with Gasteiger partial charge in [0.25, 0.3) is 0 Å². The van der Waals surface area contributed by atoms with E-state index in [9.17, 15) is 4.79 Å². The lowest BCUT2D eigenvalue weighted by Gasteiger charge is -2.29. The Hall–Kier alpha value is -3.26. The van der Waals surface area contributed by atoms with Crippen LogP contribution < -0.4 is 4.90 Å². The number of hydrogen-bond acceptors (Lipinski definition) is 6. The van der Waals surface area contributed by atoms with E-state index in [0.29, 0.717) is 31.8 Å². The number of tetrazole rings is 1. The first-order chi connectivity index (χ1) is 15.2. The minimum Gasteiger partial charge on any atom is -0.378 e. The number of aromatic nitrogens is 4. The van der Waals surface area contributed by atoms with Crippen LogP contribution in [0.1, 0.15) is 18.4 Å². The number of carbonyl (C=O) groups is 1. The van der Waals surface area contributed by atoms with Gasteiger partial charge in [0.15, 0.2) is 0 Å². The smallest absolute Gasteiger partial charge is 0.222 e. The number of ether oxygens (including phenoxy) is 1. The van der Waals surface area contributed by atoms with Crippen LogP contribution in [0, 0.1) is 0 Å². The highest BCUT2D eigenvalue weighted by Crippen LogP contribution is 2.18. The van der Waals surface area contributed by atoms with Gasteiger partial charge in [-0.1, -0.05) is 42.5 Å². The fourth-order valence-electron chi connectivity index (χ4n) is 3.60. The SMILES string of the molecule is CN(Cc1ccc(N2CCOCC2)cc1)C(=O)CCCn1nnc(-c2ccccc2)n1. The minimum atomic E-state index is 0.112. The lowest BCUT2D eigenvalue weighted by atomic mass is 10.1. The summed E-state index contributed by atoms with van der Waals surface area (Å²) in [6.07, 6.45) is 1.12. The standard InChI is InChI=1S/C23H28N6O2/c1-27(18-19-9-11-21(12-10-19)28-14-16-31-17-15-28)22(30)8-5-13-29-25-23(24-26-29)20-6-3-2-4-7-20/h2-4,6-7,9-12H,5,8,13-18H2,1H3. The van der Waals surface area contributed by atoms with Gasteiger partial charge in [-0.3, -0.25) is 4.79 Å². The van der Waals surface area contributed by atoms with E-state index in [4.69, 9.17) is 4.74 Å². The lowest BCUT2D eigenvalue weighted by molar-refractivity contribution is -0.130. The van der Waals surface area contributed by atoms with Gasteiger partial charge in [0.05, 0.1) is 19.8 Å². The largest absolute Gasteiger partial charge is 0.378 e. The highest BCUT2D eigenvalue weighted by molar-refractivity contribution is 5.75. The summed E-state index contributed by atoms with van der Waals surface area (Å²) in [7, 11) is 1.85. The van der Waals surface area contributed by atoms with E-state index >= 15 is 0 Å². The zero-order chi connectivity index (χ0) is 21.5. The van der Waals surface area contributed by atoms with Gasteiger partial charge in [0, 0.05) is 44.4 Å². The van der Waals surface area contributed by atoms with Crippen LogP contribution in [0.2, 0.25) is 0 Å². The number of hydrogen-bond donors (Lipinski definition) is 0. The first-order valence-corrected chi connectivity index (χ1v) is 10.7. The first-order valence-electron chi connectivity index (χ1n) is 10.7. The fourth-order valence-corrected chi connectivity index (χ4v) is 3.60. The molecule has 2 aromatic carbocycles. The number of aryl methyl sites for hydroxylation is 1. The van der Waals surface area contributed by atoms with Crippen molar-refractivity contribution in [1.29, 1.82) is 0 Å². The van der Waals surface area contributed by atoms with E-state index in [0.717, 1.165) is 37.4 Å². The Morgan fingerprint density at radius 3 is 2.55 bits per heavy atom. The molecule has 0 saturated carbocycles. The molecule has 2 heterocycles. The molecule has 3 aromatic rings. The number of morpholine rings is 1. The monoisotopic (exact) mass is 420 g/mol. The molecule has 8 heteroatoms. The predicted molar refractivity (Wildman–Crippen MR) is 118 cm³/mol. The lowest BCUT2D eigenvalue weighted by Crippen LogP contribution is -2.36. The highest BCUT2D eigenvalue weighted by atomic mass is 16.5. The van der Waals surface area contributed by atoms with Gasteiger partial charge in [0.2, 0.25) is 11.7 Å². The summed E-state index contributed by atoms with van der Waals surface area (Å²) in [4.78, 5) is 18.2. The molecule has 0 atom stereocenters. The van der Waals surface area contributed by atoms with Gasteiger partial charge in [-0.15, -0.1) is 10.2 Å². The molecule has 1 aliphatic heterocycles. The summed E-state index contributed by atoms with van der Waals surface area (Å²) in [5, 5.41) is 12.6. The molecule has 0 N–H and O–H groups in total. The summed E-state index contributed by atoms with van der Waals surface area (Å²) in [6, 6.07) is 18.2. The van der Waals surface area contributed by atoms with E-state index in [1.165, 1.54) is 5.69 Å². The quantitative estimate of drug-likeness (QED) is 0.558. The van der Waals surface area contributed by atoms with E-state index in [1.807, 2.05) is 37.4 Å². The number of rotatable bonds is 8. The molecule has 1 fully saturated rings. The molecule has 162 valence electrons. The van der Waals surface area contributed by atoms with E-state index < -0.39 is 0 Å². The van der Waals surface area contributed by atoms with Gasteiger partial charge in [0.1, 0.15) is 0 Å². The summed E-state index contributed by atoms with van der Waals surface area (Å²) in [5.74, 6) is 0.713. The minimum absolute atomic E-state index is 0.112. The molecule has 0 radical (unpaired) electrons. The third kappa shape index (κ3) is 5.67. The van der Waals surface area contributed by atoms with E-state index in [2.05, 4.69) is 44.6 Å². The Labute approximate surface area is 182 Å². The maximum atomic E-state index is 12.5. The van der Waals surface area contributed by atoms with Gasteiger partial charge >= 0.3 is 0 Å². The van der Waals surface area contributed by atoms with Crippen molar-refractivity contribution in [3.8, 4) is 11.4 Å². The van der Waals surface area contributed by atoms with Gasteiger partial charge in [-0.2, -0.15) is 4.80 Å². The van der Waals surface area contributed by atoms with Crippen LogP contribution in [0.4, 0.5) is 5.69 Å². The Kier molecular flexibility index (Phi) is 6.89. The van der Waals surface area contributed by atoms with E-state index in [-0.39, 0.29) is 5.91 Å². The second-order valence-corrected chi connectivity index (χ2v) is 7.69. The van der Waals surface area contributed by atoms with Crippen molar-refractivity contribution >= 4 is 11.6 Å². The third-order valence-corrected chi connectivity index (χ3v) is 5.39. The molecule has 0 aliphatic carbocycles. The van der Waals surface area contributed by atoms with Gasteiger partial charge < -0.3 is 14.5 Å². The predicted octanol–water partition coefficient (Wildman–Crippen LogP) is 2.62. The second-order valence-electron chi connectivity index (χ2n) is 7.69. The van der Waals surface area contributed by atoms with Crippen LogP contribution in [0.3, 0.4) is 0 Å². The Morgan fingerprint density at radius 2 is 1.81 bits per heavy atom. The molecule has 1 amide bonds. The Bertz CT molecular complexity index is 967. The van der Waals surface area contributed by atoms with Crippen molar-refractivity contribution in [3.63, 3.8) is 0 Å². The number of anilines is 1. The Balaban J connectivity index is 1.22. The average molecular weight is 421 g/mol. The van der Waals surface area contributed by atoms with Crippen molar-refractivity contribution in [3.05, 3.63) is 60.2 Å². The van der Waals surface area contributed by atoms with Gasteiger partial charge in [-0.25, -0.2) is 0 Å². The Morgan fingerprint density at radius 1 is 1.06 bits per heavy atom. The van der Waals surface area contributed by atoms with Crippen LogP contribution in [-0.2, 0) is 22.6 Å². The molecule has 0 bridgehead atoms. The molecular formula is C23H28N6O2. The highest BCUT2D eigenvalue weighted by Gasteiger charge is 2.13. The molecular weight excluding hydrogens is 392 g/mol. The molecule has 1 aliphatic rings. The molecule has 31 heavy (non-hydrogen) atoms. The van der Waals surface area contributed by atoms with Crippen LogP contribution in [-0.4, -0.2) is 64.4 Å². The molecule has 1 aromatic heterocycles. The van der Waals surface area contributed by atoms with Crippen molar-refractivity contribution < 1.29 is 9.53 Å². The third-order valence-electron chi connectivity index (χ3n) is 5.39. The zero-order valence-electron chi connectivity index (χ0n) is 17.9. The molecule has 0 unspecified atom stereocenters. The number of benzene rings is 2. The number of amides is 1.